The summed E-state index contributed by atoms with van der Waals surface area (Å²) >= 11 is 6.15. The number of halogens is 1. The molecule has 1 atom stereocenters. The first-order valence-electron chi connectivity index (χ1n) is 11.1. The van der Waals surface area contributed by atoms with Gasteiger partial charge in [0.05, 0.1) is 13.2 Å². The molecule has 7 heteroatoms. The van der Waals surface area contributed by atoms with Crippen LogP contribution in [0.3, 0.4) is 0 Å². The van der Waals surface area contributed by atoms with Gasteiger partial charge in [-0.1, -0.05) is 41.9 Å². The Morgan fingerprint density at radius 2 is 1.90 bits per heavy atom. The third-order valence-electron chi connectivity index (χ3n) is 5.89. The first kappa shape index (κ1) is 21.9. The number of rotatable bonds is 6. The minimum atomic E-state index is 0.359. The second-order valence-corrected chi connectivity index (χ2v) is 8.63. The Balaban J connectivity index is 1.26. The summed E-state index contributed by atoms with van der Waals surface area (Å²) in [6.45, 7) is 7.36. The van der Waals surface area contributed by atoms with Gasteiger partial charge in [-0.25, -0.2) is 0 Å². The Labute approximate surface area is 190 Å². The van der Waals surface area contributed by atoms with Gasteiger partial charge in [-0.2, -0.15) is 0 Å². The van der Waals surface area contributed by atoms with Crippen molar-refractivity contribution in [3.05, 3.63) is 64.7 Å². The lowest BCUT2D eigenvalue weighted by molar-refractivity contribution is 0.0342. The molecule has 0 radical (unpaired) electrons. The number of hydrogen-bond donors (Lipinski definition) is 2. The molecular weight excluding hydrogens is 410 g/mol. The number of benzene rings is 2. The van der Waals surface area contributed by atoms with E-state index in [0.29, 0.717) is 6.04 Å². The number of ether oxygens (including phenoxy) is 1. The highest BCUT2D eigenvalue weighted by molar-refractivity contribution is 6.30. The normalized spacial score (nSPS) is 20.1. The zero-order valence-corrected chi connectivity index (χ0v) is 18.9. The van der Waals surface area contributed by atoms with Gasteiger partial charge in [-0.05, 0) is 35.7 Å². The van der Waals surface area contributed by atoms with Crippen LogP contribution in [0, 0.1) is 0 Å². The first-order valence-corrected chi connectivity index (χ1v) is 11.4. The van der Waals surface area contributed by atoms with Gasteiger partial charge in [0.25, 0.3) is 0 Å². The van der Waals surface area contributed by atoms with E-state index in [4.69, 9.17) is 16.3 Å². The van der Waals surface area contributed by atoms with Crippen molar-refractivity contribution in [3.63, 3.8) is 0 Å². The van der Waals surface area contributed by atoms with E-state index in [1.165, 1.54) is 16.8 Å². The second-order valence-electron chi connectivity index (χ2n) is 8.19. The Morgan fingerprint density at radius 3 is 2.71 bits per heavy atom. The van der Waals surface area contributed by atoms with E-state index < -0.39 is 0 Å². The van der Waals surface area contributed by atoms with Gasteiger partial charge in [0.15, 0.2) is 5.96 Å². The van der Waals surface area contributed by atoms with E-state index in [1.807, 2.05) is 25.2 Å². The molecule has 2 N–H and O–H groups in total. The highest BCUT2D eigenvalue weighted by atomic mass is 35.5. The van der Waals surface area contributed by atoms with E-state index in [1.54, 1.807) is 0 Å². The quantitative estimate of drug-likeness (QED) is 0.533. The minimum Gasteiger partial charge on any atom is -0.379 e. The monoisotopic (exact) mass is 441 g/mol. The van der Waals surface area contributed by atoms with Crippen LogP contribution in [0.2, 0.25) is 5.02 Å². The average Bonchev–Trinajstić information content (AvgIpc) is 3.26. The van der Waals surface area contributed by atoms with E-state index >= 15 is 0 Å². The predicted octanol–water partition coefficient (Wildman–Crippen LogP) is 3.12. The second kappa shape index (κ2) is 10.8. The lowest BCUT2D eigenvalue weighted by atomic mass is 10.1. The van der Waals surface area contributed by atoms with Gasteiger partial charge in [0.2, 0.25) is 0 Å². The zero-order valence-electron chi connectivity index (χ0n) is 18.2. The maximum Gasteiger partial charge on any atom is 0.191 e. The summed E-state index contributed by atoms with van der Waals surface area (Å²) in [6, 6.07) is 17.2. The maximum absolute atomic E-state index is 6.15. The summed E-state index contributed by atoms with van der Waals surface area (Å²) in [7, 11) is 1.83. The standard InChI is InChI=1S/C24H32ClN5O/c1-26-24(28-22-8-9-30(18-22)23-7-3-6-21(25)15-23)27-16-19-4-2-5-20(14-19)17-29-10-12-31-13-11-29/h2-7,14-15,22H,8-13,16-18H2,1H3,(H2,26,27,28). The molecule has 0 amide bonds. The molecule has 2 heterocycles. The summed E-state index contributed by atoms with van der Waals surface area (Å²) < 4.78 is 5.45. The summed E-state index contributed by atoms with van der Waals surface area (Å²) in [5, 5.41) is 7.83. The fourth-order valence-electron chi connectivity index (χ4n) is 4.21. The lowest BCUT2D eigenvalue weighted by Crippen LogP contribution is -2.44. The third kappa shape index (κ3) is 6.35. The van der Waals surface area contributed by atoms with Crippen LogP contribution in [0.1, 0.15) is 17.5 Å². The molecule has 31 heavy (non-hydrogen) atoms. The number of nitrogens with zero attached hydrogens (tertiary/aromatic N) is 3. The van der Waals surface area contributed by atoms with Gasteiger partial charge in [0.1, 0.15) is 0 Å². The summed E-state index contributed by atoms with van der Waals surface area (Å²) in [5.41, 5.74) is 3.79. The van der Waals surface area contributed by atoms with Crippen LogP contribution in [-0.2, 0) is 17.8 Å². The molecule has 2 aromatic rings. The molecule has 2 aromatic carbocycles. The Hall–Kier alpha value is -2.28. The van der Waals surface area contributed by atoms with Crippen LogP contribution in [-0.4, -0.2) is 63.3 Å². The molecule has 0 saturated carbocycles. The third-order valence-corrected chi connectivity index (χ3v) is 6.12. The largest absolute Gasteiger partial charge is 0.379 e. The highest BCUT2D eigenvalue weighted by Crippen LogP contribution is 2.23. The van der Waals surface area contributed by atoms with Gasteiger partial charge >= 0.3 is 0 Å². The lowest BCUT2D eigenvalue weighted by Gasteiger charge is -2.26. The molecule has 0 aromatic heterocycles. The van der Waals surface area contributed by atoms with Gasteiger partial charge in [-0.3, -0.25) is 9.89 Å². The molecule has 166 valence electrons. The van der Waals surface area contributed by atoms with Crippen molar-refractivity contribution in [2.75, 3.05) is 51.3 Å². The summed E-state index contributed by atoms with van der Waals surface area (Å²) in [5.74, 6) is 0.844. The molecule has 0 aliphatic carbocycles. The van der Waals surface area contributed by atoms with E-state index in [9.17, 15) is 0 Å². The Bertz CT molecular complexity index is 884. The molecule has 4 rings (SSSR count). The van der Waals surface area contributed by atoms with Crippen molar-refractivity contribution < 1.29 is 4.74 Å². The number of aliphatic imine (C=N–C) groups is 1. The highest BCUT2D eigenvalue weighted by Gasteiger charge is 2.23. The molecule has 6 nitrogen and oxygen atoms in total. The SMILES string of the molecule is CN=C(NCc1cccc(CN2CCOCC2)c1)NC1CCN(c2cccc(Cl)c2)C1. The van der Waals surface area contributed by atoms with Crippen LogP contribution in [0.4, 0.5) is 5.69 Å². The van der Waals surface area contributed by atoms with Crippen LogP contribution in [0.5, 0.6) is 0 Å². The van der Waals surface area contributed by atoms with Crippen molar-refractivity contribution in [1.82, 2.24) is 15.5 Å². The van der Waals surface area contributed by atoms with Crippen LogP contribution in [0.25, 0.3) is 0 Å². The van der Waals surface area contributed by atoms with Crippen molar-refractivity contribution >= 4 is 23.2 Å². The number of hydrogen-bond acceptors (Lipinski definition) is 4. The van der Waals surface area contributed by atoms with Gasteiger partial charge in [-0.15, -0.1) is 0 Å². The van der Waals surface area contributed by atoms with Crippen molar-refractivity contribution in [1.29, 1.82) is 0 Å². The van der Waals surface area contributed by atoms with Crippen LogP contribution < -0.4 is 15.5 Å². The fraction of sp³-hybridized carbons (Fsp3) is 0.458. The average molecular weight is 442 g/mol. The minimum absolute atomic E-state index is 0.359. The Morgan fingerprint density at radius 1 is 1.10 bits per heavy atom. The smallest absolute Gasteiger partial charge is 0.191 e. The number of nitrogens with one attached hydrogen (secondary N) is 2. The summed E-state index contributed by atoms with van der Waals surface area (Å²) in [4.78, 5) is 9.24. The van der Waals surface area contributed by atoms with Crippen LogP contribution >= 0.6 is 11.6 Å². The summed E-state index contributed by atoms with van der Waals surface area (Å²) in [6.07, 6.45) is 1.07. The molecule has 2 aliphatic heterocycles. The van der Waals surface area contributed by atoms with Crippen LogP contribution in [0.15, 0.2) is 53.5 Å². The number of morpholine rings is 1. The molecular formula is C24H32ClN5O. The topological polar surface area (TPSA) is 52.1 Å². The van der Waals surface area contributed by atoms with Crippen molar-refractivity contribution in [2.24, 2.45) is 4.99 Å². The van der Waals surface area contributed by atoms with E-state index in [2.05, 4.69) is 55.8 Å². The number of guanidine groups is 1. The van der Waals surface area contributed by atoms with E-state index in [-0.39, 0.29) is 0 Å². The molecule has 0 bridgehead atoms. The van der Waals surface area contributed by atoms with Crippen molar-refractivity contribution in [3.8, 4) is 0 Å². The maximum atomic E-state index is 6.15. The predicted molar refractivity (Wildman–Crippen MR) is 128 cm³/mol. The van der Waals surface area contributed by atoms with Gasteiger partial charge < -0.3 is 20.3 Å². The molecule has 1 unspecified atom stereocenters. The Kier molecular flexibility index (Phi) is 7.67. The fourth-order valence-corrected chi connectivity index (χ4v) is 4.40. The number of anilines is 1. The molecule has 2 aliphatic rings. The van der Waals surface area contributed by atoms with Gasteiger partial charge in [0, 0.05) is 63.1 Å². The van der Waals surface area contributed by atoms with E-state index in [0.717, 1.165) is 69.9 Å². The molecule has 2 saturated heterocycles. The first-order chi connectivity index (χ1) is 15.2. The molecule has 2 fully saturated rings. The molecule has 0 spiro atoms. The van der Waals surface area contributed by atoms with Crippen molar-refractivity contribution in [2.45, 2.75) is 25.6 Å². The zero-order chi connectivity index (χ0) is 21.5.